The van der Waals surface area contributed by atoms with E-state index < -0.39 is 0 Å². The number of Topliss-reactive ketones (excluding diaryl/α,β-unsaturated/α-hetero) is 1. The molecule has 1 atom stereocenters. The SMILES string of the molecule is O=C1C(Br)=CC=C2CCCCC12. The van der Waals surface area contributed by atoms with Crippen molar-refractivity contribution in [2.45, 2.75) is 25.7 Å². The fourth-order valence-corrected chi connectivity index (χ4v) is 2.37. The van der Waals surface area contributed by atoms with Gasteiger partial charge in [0.25, 0.3) is 0 Å². The Hall–Kier alpha value is -0.370. The zero-order valence-electron chi connectivity index (χ0n) is 6.85. The van der Waals surface area contributed by atoms with Crippen molar-refractivity contribution in [2.24, 2.45) is 5.92 Å². The summed E-state index contributed by atoms with van der Waals surface area (Å²) in [6.45, 7) is 0. The molecule has 1 saturated carbocycles. The first-order valence-corrected chi connectivity index (χ1v) is 5.19. The number of ketones is 1. The molecule has 0 aromatic carbocycles. The minimum atomic E-state index is 0.207. The summed E-state index contributed by atoms with van der Waals surface area (Å²) in [5, 5.41) is 0. The van der Waals surface area contributed by atoms with Crippen LogP contribution in [0.15, 0.2) is 22.2 Å². The largest absolute Gasteiger partial charge is 0.293 e. The molecule has 2 heteroatoms. The molecule has 0 bridgehead atoms. The molecule has 0 aliphatic heterocycles. The zero-order chi connectivity index (χ0) is 8.55. The molecule has 0 amide bonds. The van der Waals surface area contributed by atoms with Crippen molar-refractivity contribution in [3.8, 4) is 0 Å². The highest BCUT2D eigenvalue weighted by molar-refractivity contribution is 9.12. The Morgan fingerprint density at radius 3 is 3.00 bits per heavy atom. The summed E-state index contributed by atoms with van der Waals surface area (Å²) < 4.78 is 0.748. The van der Waals surface area contributed by atoms with Crippen molar-refractivity contribution in [3.63, 3.8) is 0 Å². The number of hydrogen-bond donors (Lipinski definition) is 0. The molecule has 2 aliphatic carbocycles. The Balaban J connectivity index is 2.30. The molecule has 1 fully saturated rings. The lowest BCUT2D eigenvalue weighted by molar-refractivity contribution is -0.118. The van der Waals surface area contributed by atoms with Gasteiger partial charge < -0.3 is 0 Å². The van der Waals surface area contributed by atoms with Gasteiger partial charge in [-0.3, -0.25) is 4.79 Å². The first kappa shape index (κ1) is 8.24. The number of rotatable bonds is 0. The van der Waals surface area contributed by atoms with Crippen molar-refractivity contribution < 1.29 is 4.79 Å². The van der Waals surface area contributed by atoms with Crippen molar-refractivity contribution in [1.82, 2.24) is 0 Å². The average Bonchev–Trinajstić information content (AvgIpc) is 2.12. The summed E-state index contributed by atoms with van der Waals surface area (Å²) in [5.41, 5.74) is 1.34. The van der Waals surface area contributed by atoms with Crippen LogP contribution >= 0.6 is 15.9 Å². The van der Waals surface area contributed by atoms with Gasteiger partial charge in [-0.15, -0.1) is 0 Å². The molecule has 0 heterocycles. The van der Waals surface area contributed by atoms with E-state index in [-0.39, 0.29) is 11.7 Å². The van der Waals surface area contributed by atoms with Gasteiger partial charge in [-0.2, -0.15) is 0 Å². The first-order valence-electron chi connectivity index (χ1n) is 4.39. The minimum absolute atomic E-state index is 0.207. The van der Waals surface area contributed by atoms with Crippen LogP contribution in [0.3, 0.4) is 0 Å². The highest BCUT2D eigenvalue weighted by atomic mass is 79.9. The summed E-state index contributed by atoms with van der Waals surface area (Å²) in [4.78, 5) is 11.6. The van der Waals surface area contributed by atoms with E-state index >= 15 is 0 Å². The van der Waals surface area contributed by atoms with Crippen LogP contribution in [0.5, 0.6) is 0 Å². The number of carbonyl (C=O) groups is 1. The smallest absolute Gasteiger partial charge is 0.176 e. The van der Waals surface area contributed by atoms with Crippen LogP contribution in [-0.2, 0) is 4.79 Å². The molecular weight excluding hydrogens is 216 g/mol. The summed E-state index contributed by atoms with van der Waals surface area (Å²) in [6, 6.07) is 0. The first-order chi connectivity index (χ1) is 5.79. The molecule has 1 nitrogen and oxygen atoms in total. The van der Waals surface area contributed by atoms with E-state index in [2.05, 4.69) is 22.0 Å². The predicted molar refractivity (Wildman–Crippen MR) is 52.1 cm³/mol. The molecule has 64 valence electrons. The molecule has 2 rings (SSSR count). The fraction of sp³-hybridized carbons (Fsp3) is 0.500. The molecule has 0 aromatic rings. The topological polar surface area (TPSA) is 17.1 Å². The average molecular weight is 227 g/mol. The van der Waals surface area contributed by atoms with Crippen LogP contribution in [0.4, 0.5) is 0 Å². The highest BCUT2D eigenvalue weighted by Gasteiger charge is 2.28. The van der Waals surface area contributed by atoms with Crippen molar-refractivity contribution >= 4 is 21.7 Å². The van der Waals surface area contributed by atoms with Gasteiger partial charge in [0.2, 0.25) is 0 Å². The van der Waals surface area contributed by atoms with Crippen LogP contribution in [0.25, 0.3) is 0 Å². The molecule has 12 heavy (non-hydrogen) atoms. The van der Waals surface area contributed by atoms with Crippen LogP contribution in [0, 0.1) is 5.92 Å². The van der Waals surface area contributed by atoms with Gasteiger partial charge in [0.05, 0.1) is 4.48 Å². The molecule has 0 saturated heterocycles. The second-order valence-corrected chi connectivity index (χ2v) is 4.27. The third-order valence-corrected chi connectivity index (χ3v) is 3.31. The van der Waals surface area contributed by atoms with Gasteiger partial charge >= 0.3 is 0 Å². The summed E-state index contributed by atoms with van der Waals surface area (Å²) in [5.74, 6) is 0.491. The zero-order valence-corrected chi connectivity index (χ0v) is 8.43. The maximum atomic E-state index is 11.6. The third kappa shape index (κ3) is 1.28. The van der Waals surface area contributed by atoms with Gasteiger partial charge in [-0.25, -0.2) is 0 Å². The standard InChI is InChI=1S/C10H11BrO/c11-9-6-5-7-3-1-2-4-8(7)10(9)12/h5-6,8H,1-4H2. The second-order valence-electron chi connectivity index (χ2n) is 3.42. The van der Waals surface area contributed by atoms with E-state index in [9.17, 15) is 4.79 Å². The Labute approximate surface area is 80.7 Å². The lowest BCUT2D eigenvalue weighted by Crippen LogP contribution is -2.22. The van der Waals surface area contributed by atoms with E-state index in [0.29, 0.717) is 0 Å². The predicted octanol–water partition coefficient (Wildman–Crippen LogP) is 2.96. The number of hydrogen-bond acceptors (Lipinski definition) is 1. The number of fused-ring (bicyclic) bond motifs is 1. The Kier molecular flexibility index (Phi) is 2.18. The molecular formula is C10H11BrO. The van der Waals surface area contributed by atoms with E-state index in [1.165, 1.54) is 18.4 Å². The Morgan fingerprint density at radius 1 is 1.33 bits per heavy atom. The van der Waals surface area contributed by atoms with Crippen LogP contribution in [-0.4, -0.2) is 5.78 Å². The normalized spacial score (nSPS) is 29.1. The summed E-state index contributed by atoms with van der Waals surface area (Å²) in [7, 11) is 0. The number of allylic oxidation sites excluding steroid dienone is 4. The maximum absolute atomic E-state index is 11.6. The molecule has 0 spiro atoms. The minimum Gasteiger partial charge on any atom is -0.293 e. The van der Waals surface area contributed by atoms with E-state index in [4.69, 9.17) is 0 Å². The Bertz CT molecular complexity index is 276. The lowest BCUT2D eigenvalue weighted by atomic mass is 9.79. The molecule has 0 aromatic heterocycles. The molecule has 0 radical (unpaired) electrons. The summed E-state index contributed by atoms with van der Waals surface area (Å²) >= 11 is 3.28. The van der Waals surface area contributed by atoms with Crippen molar-refractivity contribution in [3.05, 3.63) is 22.2 Å². The monoisotopic (exact) mass is 226 g/mol. The van der Waals surface area contributed by atoms with Gasteiger partial charge in [-0.1, -0.05) is 18.1 Å². The summed E-state index contributed by atoms with van der Waals surface area (Å²) in [6.07, 6.45) is 8.62. The fourth-order valence-electron chi connectivity index (χ4n) is 1.96. The van der Waals surface area contributed by atoms with E-state index in [1.54, 1.807) is 0 Å². The van der Waals surface area contributed by atoms with Gasteiger partial charge in [0.1, 0.15) is 0 Å². The maximum Gasteiger partial charge on any atom is 0.176 e. The quantitative estimate of drug-likeness (QED) is 0.621. The second kappa shape index (κ2) is 3.17. The van der Waals surface area contributed by atoms with Crippen LogP contribution in [0.1, 0.15) is 25.7 Å². The Morgan fingerprint density at radius 2 is 2.17 bits per heavy atom. The number of carbonyl (C=O) groups excluding carboxylic acids is 1. The molecule has 1 unspecified atom stereocenters. The van der Waals surface area contributed by atoms with Crippen LogP contribution < -0.4 is 0 Å². The van der Waals surface area contributed by atoms with Crippen molar-refractivity contribution in [2.75, 3.05) is 0 Å². The van der Waals surface area contributed by atoms with Gasteiger partial charge in [-0.05, 0) is 41.3 Å². The van der Waals surface area contributed by atoms with Crippen LogP contribution in [0.2, 0.25) is 0 Å². The lowest BCUT2D eigenvalue weighted by Gasteiger charge is -2.26. The molecule has 0 N–H and O–H groups in total. The number of halogens is 1. The third-order valence-electron chi connectivity index (χ3n) is 2.65. The van der Waals surface area contributed by atoms with Crippen molar-refractivity contribution in [1.29, 1.82) is 0 Å². The molecule has 2 aliphatic rings. The van der Waals surface area contributed by atoms with E-state index in [0.717, 1.165) is 17.3 Å². The van der Waals surface area contributed by atoms with Gasteiger partial charge in [0, 0.05) is 5.92 Å². The highest BCUT2D eigenvalue weighted by Crippen LogP contribution is 2.35. The van der Waals surface area contributed by atoms with E-state index in [1.807, 2.05) is 6.08 Å². The van der Waals surface area contributed by atoms with Gasteiger partial charge in [0.15, 0.2) is 5.78 Å².